The molecule has 1 fully saturated rings. The minimum Gasteiger partial charge on any atom is -0.506 e. The van der Waals surface area contributed by atoms with E-state index in [1.54, 1.807) is 6.07 Å². The van der Waals surface area contributed by atoms with Crippen molar-refractivity contribution in [3.05, 3.63) is 23.8 Å². The molecule has 19 heavy (non-hydrogen) atoms. The number of rotatable bonds is 2. The Balaban J connectivity index is 2.17. The molecule has 4 heteroatoms. The third kappa shape index (κ3) is 3.26. The van der Waals surface area contributed by atoms with Gasteiger partial charge >= 0.3 is 0 Å². The SMILES string of the molecule is CC(C)(C)c1ccc(O)c(NC(=O)C2CCNC2)c1. The highest BCUT2D eigenvalue weighted by atomic mass is 16.3. The van der Waals surface area contributed by atoms with E-state index in [1.165, 1.54) is 0 Å². The number of carbonyl (C=O) groups is 1. The Morgan fingerprint density at radius 1 is 1.42 bits per heavy atom. The van der Waals surface area contributed by atoms with Crippen molar-refractivity contribution in [3.63, 3.8) is 0 Å². The first-order valence-electron chi connectivity index (χ1n) is 6.73. The van der Waals surface area contributed by atoms with Gasteiger partial charge in [0.05, 0.1) is 11.6 Å². The highest BCUT2D eigenvalue weighted by Gasteiger charge is 2.23. The zero-order valence-electron chi connectivity index (χ0n) is 11.8. The fourth-order valence-corrected chi connectivity index (χ4v) is 2.22. The van der Waals surface area contributed by atoms with Gasteiger partial charge in [0, 0.05) is 6.54 Å². The van der Waals surface area contributed by atoms with Gasteiger partial charge in [0.1, 0.15) is 5.75 Å². The molecular formula is C15H22N2O2. The molecule has 0 aromatic heterocycles. The van der Waals surface area contributed by atoms with Gasteiger partial charge < -0.3 is 15.7 Å². The van der Waals surface area contributed by atoms with Crippen molar-refractivity contribution in [1.29, 1.82) is 0 Å². The summed E-state index contributed by atoms with van der Waals surface area (Å²) in [4.78, 5) is 12.1. The van der Waals surface area contributed by atoms with Crippen LogP contribution in [-0.4, -0.2) is 24.1 Å². The summed E-state index contributed by atoms with van der Waals surface area (Å²) in [5, 5.41) is 15.9. The van der Waals surface area contributed by atoms with E-state index in [2.05, 4.69) is 31.4 Å². The molecular weight excluding hydrogens is 240 g/mol. The number of hydrogen-bond acceptors (Lipinski definition) is 3. The molecule has 1 unspecified atom stereocenters. The van der Waals surface area contributed by atoms with Crippen molar-refractivity contribution in [1.82, 2.24) is 5.32 Å². The molecule has 1 aromatic carbocycles. The van der Waals surface area contributed by atoms with Gasteiger partial charge in [-0.1, -0.05) is 26.8 Å². The van der Waals surface area contributed by atoms with Crippen LogP contribution >= 0.6 is 0 Å². The highest BCUT2D eigenvalue weighted by Crippen LogP contribution is 2.31. The van der Waals surface area contributed by atoms with Gasteiger partial charge in [0.2, 0.25) is 5.91 Å². The second kappa shape index (κ2) is 5.21. The number of amides is 1. The zero-order chi connectivity index (χ0) is 14.0. The molecule has 1 aliphatic rings. The van der Waals surface area contributed by atoms with E-state index >= 15 is 0 Å². The molecule has 2 rings (SSSR count). The smallest absolute Gasteiger partial charge is 0.228 e. The van der Waals surface area contributed by atoms with Crippen LogP contribution < -0.4 is 10.6 Å². The lowest BCUT2D eigenvalue weighted by molar-refractivity contribution is -0.119. The fraction of sp³-hybridized carbons (Fsp3) is 0.533. The monoisotopic (exact) mass is 262 g/mol. The number of benzene rings is 1. The Hall–Kier alpha value is -1.55. The first-order chi connectivity index (χ1) is 8.88. The van der Waals surface area contributed by atoms with Gasteiger partial charge in [-0.2, -0.15) is 0 Å². The number of aromatic hydroxyl groups is 1. The van der Waals surface area contributed by atoms with Gasteiger partial charge in [-0.05, 0) is 36.1 Å². The molecule has 0 aliphatic carbocycles. The van der Waals surface area contributed by atoms with Crippen molar-refractivity contribution < 1.29 is 9.90 Å². The molecule has 0 saturated carbocycles. The third-order valence-corrected chi connectivity index (χ3v) is 3.55. The van der Waals surface area contributed by atoms with Crippen LogP contribution in [0.2, 0.25) is 0 Å². The van der Waals surface area contributed by atoms with E-state index in [0.29, 0.717) is 12.2 Å². The van der Waals surface area contributed by atoms with Gasteiger partial charge in [0.15, 0.2) is 0 Å². The van der Waals surface area contributed by atoms with Gasteiger partial charge in [0.25, 0.3) is 0 Å². The average Bonchev–Trinajstić information content (AvgIpc) is 2.84. The minimum atomic E-state index is -0.0219. The number of carbonyl (C=O) groups excluding carboxylic acids is 1. The first kappa shape index (κ1) is 13.9. The first-order valence-corrected chi connectivity index (χ1v) is 6.73. The summed E-state index contributed by atoms with van der Waals surface area (Å²) in [6.45, 7) is 7.90. The van der Waals surface area contributed by atoms with Crippen molar-refractivity contribution >= 4 is 11.6 Å². The van der Waals surface area contributed by atoms with Crippen LogP contribution in [0.5, 0.6) is 5.75 Å². The standard InChI is InChI=1S/C15H22N2O2/c1-15(2,3)11-4-5-13(18)12(8-11)17-14(19)10-6-7-16-9-10/h4-5,8,10,16,18H,6-7,9H2,1-3H3,(H,17,19). The molecule has 1 atom stereocenters. The van der Waals surface area contributed by atoms with Gasteiger partial charge in [-0.15, -0.1) is 0 Å². The number of phenols is 1. The van der Waals surface area contributed by atoms with E-state index in [9.17, 15) is 9.90 Å². The van der Waals surface area contributed by atoms with Crippen LogP contribution in [0.25, 0.3) is 0 Å². The molecule has 1 aromatic rings. The van der Waals surface area contributed by atoms with Crippen LogP contribution in [0.3, 0.4) is 0 Å². The summed E-state index contributed by atoms with van der Waals surface area (Å²) in [7, 11) is 0. The molecule has 104 valence electrons. The second-order valence-electron chi connectivity index (χ2n) is 6.16. The van der Waals surface area contributed by atoms with E-state index in [0.717, 1.165) is 18.5 Å². The van der Waals surface area contributed by atoms with Crippen LogP contribution in [0.4, 0.5) is 5.69 Å². The third-order valence-electron chi connectivity index (χ3n) is 3.55. The van der Waals surface area contributed by atoms with Crippen LogP contribution in [0, 0.1) is 5.92 Å². The predicted molar refractivity (Wildman–Crippen MR) is 76.4 cm³/mol. The van der Waals surface area contributed by atoms with Gasteiger partial charge in [-0.25, -0.2) is 0 Å². The fourth-order valence-electron chi connectivity index (χ4n) is 2.22. The van der Waals surface area contributed by atoms with Crippen LogP contribution in [0.1, 0.15) is 32.8 Å². The number of phenolic OH excluding ortho intramolecular Hbond substituents is 1. The van der Waals surface area contributed by atoms with E-state index in [-0.39, 0.29) is 23.0 Å². The lowest BCUT2D eigenvalue weighted by Crippen LogP contribution is -2.25. The Labute approximate surface area is 114 Å². The normalized spacial score (nSPS) is 19.4. The number of anilines is 1. The van der Waals surface area contributed by atoms with E-state index in [1.807, 2.05) is 12.1 Å². The van der Waals surface area contributed by atoms with Crippen molar-refractivity contribution in [2.45, 2.75) is 32.6 Å². The Morgan fingerprint density at radius 2 is 2.16 bits per heavy atom. The quantitative estimate of drug-likeness (QED) is 0.716. The molecule has 1 heterocycles. The van der Waals surface area contributed by atoms with E-state index < -0.39 is 0 Å². The summed E-state index contributed by atoms with van der Waals surface area (Å²) in [6.07, 6.45) is 0.853. The van der Waals surface area contributed by atoms with Crippen LogP contribution in [0.15, 0.2) is 18.2 Å². The minimum absolute atomic E-state index is 0.00214. The molecule has 1 saturated heterocycles. The molecule has 1 aliphatic heterocycles. The summed E-state index contributed by atoms with van der Waals surface area (Å²) in [6, 6.07) is 5.39. The predicted octanol–water partition coefficient (Wildman–Crippen LogP) is 2.24. The molecule has 4 nitrogen and oxygen atoms in total. The molecule has 3 N–H and O–H groups in total. The Bertz CT molecular complexity index is 472. The molecule has 1 amide bonds. The number of nitrogens with one attached hydrogen (secondary N) is 2. The second-order valence-corrected chi connectivity index (χ2v) is 6.16. The lowest BCUT2D eigenvalue weighted by atomic mass is 9.87. The van der Waals surface area contributed by atoms with Crippen molar-refractivity contribution in [2.75, 3.05) is 18.4 Å². The maximum absolute atomic E-state index is 12.1. The summed E-state index contributed by atoms with van der Waals surface area (Å²) < 4.78 is 0. The summed E-state index contributed by atoms with van der Waals surface area (Å²) in [5.41, 5.74) is 1.58. The van der Waals surface area contributed by atoms with Crippen LogP contribution in [-0.2, 0) is 10.2 Å². The summed E-state index contributed by atoms with van der Waals surface area (Å²) >= 11 is 0. The largest absolute Gasteiger partial charge is 0.506 e. The maximum atomic E-state index is 12.1. The Kier molecular flexibility index (Phi) is 3.80. The highest BCUT2D eigenvalue weighted by molar-refractivity contribution is 5.94. The van der Waals surface area contributed by atoms with E-state index in [4.69, 9.17) is 0 Å². The molecule has 0 bridgehead atoms. The topological polar surface area (TPSA) is 61.4 Å². The Morgan fingerprint density at radius 3 is 2.74 bits per heavy atom. The number of hydrogen-bond donors (Lipinski definition) is 3. The zero-order valence-corrected chi connectivity index (χ0v) is 11.8. The van der Waals surface area contributed by atoms with Crippen molar-refractivity contribution in [2.24, 2.45) is 5.92 Å². The van der Waals surface area contributed by atoms with Gasteiger partial charge in [-0.3, -0.25) is 4.79 Å². The van der Waals surface area contributed by atoms with Crippen molar-refractivity contribution in [3.8, 4) is 5.75 Å². The average molecular weight is 262 g/mol. The maximum Gasteiger partial charge on any atom is 0.228 e. The molecule has 0 radical (unpaired) electrons. The molecule has 0 spiro atoms. The summed E-state index contributed by atoms with van der Waals surface area (Å²) in [5.74, 6) is 0.0939. The lowest BCUT2D eigenvalue weighted by Gasteiger charge is -2.21.